The molecule has 176 valence electrons. The maximum Gasteiger partial charge on any atom is 0.319 e. The van der Waals surface area contributed by atoms with Crippen molar-refractivity contribution < 1.29 is 14.3 Å². The van der Waals surface area contributed by atoms with Gasteiger partial charge in [0.2, 0.25) is 6.79 Å². The molecular formula is C27H30N4O3. The minimum atomic E-state index is -0.209. The number of para-hydroxylation sites is 1. The van der Waals surface area contributed by atoms with Crippen molar-refractivity contribution in [3.05, 3.63) is 83.9 Å². The molecule has 0 aromatic heterocycles. The van der Waals surface area contributed by atoms with Crippen LogP contribution in [0.25, 0.3) is 0 Å². The summed E-state index contributed by atoms with van der Waals surface area (Å²) in [7, 11) is 0. The second-order valence-electron chi connectivity index (χ2n) is 8.69. The van der Waals surface area contributed by atoms with Gasteiger partial charge in [0.05, 0.1) is 6.04 Å². The van der Waals surface area contributed by atoms with Crippen LogP contribution in [0.2, 0.25) is 0 Å². The number of nitrogens with zero attached hydrogens (tertiary/aromatic N) is 2. The lowest BCUT2D eigenvalue weighted by Gasteiger charge is -2.40. The van der Waals surface area contributed by atoms with Gasteiger partial charge in [-0.3, -0.25) is 4.90 Å². The van der Waals surface area contributed by atoms with Gasteiger partial charge in [-0.05, 0) is 54.4 Å². The topological polar surface area (TPSA) is 66.1 Å². The van der Waals surface area contributed by atoms with E-state index in [0.717, 1.165) is 54.5 Å². The lowest BCUT2D eigenvalue weighted by Crippen LogP contribution is -2.50. The first-order chi connectivity index (χ1) is 16.7. The number of amides is 2. The third-order valence-electron chi connectivity index (χ3n) is 6.39. The first kappa shape index (κ1) is 22.1. The molecule has 34 heavy (non-hydrogen) atoms. The second-order valence-corrected chi connectivity index (χ2v) is 8.69. The molecule has 2 N–H and O–H groups in total. The number of nitrogens with one attached hydrogen (secondary N) is 2. The van der Waals surface area contributed by atoms with Crippen LogP contribution in [-0.4, -0.2) is 50.4 Å². The van der Waals surface area contributed by atoms with Crippen LogP contribution in [0, 0.1) is 6.92 Å². The van der Waals surface area contributed by atoms with Crippen LogP contribution < -0.4 is 25.0 Å². The molecule has 2 aliphatic heterocycles. The van der Waals surface area contributed by atoms with E-state index >= 15 is 0 Å². The van der Waals surface area contributed by atoms with E-state index in [1.165, 1.54) is 5.69 Å². The molecule has 0 spiro atoms. The van der Waals surface area contributed by atoms with E-state index in [9.17, 15) is 4.79 Å². The summed E-state index contributed by atoms with van der Waals surface area (Å²) in [5.74, 6) is 1.52. The Morgan fingerprint density at radius 3 is 2.50 bits per heavy atom. The number of carbonyl (C=O) groups is 1. The lowest BCUT2D eigenvalue weighted by atomic mass is 10.0. The normalized spacial score (nSPS) is 16.2. The number of ether oxygens (including phenoxy) is 2. The number of aryl methyl sites for hydroxylation is 1. The summed E-state index contributed by atoms with van der Waals surface area (Å²) >= 11 is 0. The van der Waals surface area contributed by atoms with Crippen molar-refractivity contribution in [2.45, 2.75) is 13.0 Å². The maximum atomic E-state index is 12.7. The Morgan fingerprint density at radius 2 is 1.71 bits per heavy atom. The van der Waals surface area contributed by atoms with Crippen molar-refractivity contribution >= 4 is 17.4 Å². The van der Waals surface area contributed by atoms with Gasteiger partial charge in [-0.1, -0.05) is 36.4 Å². The smallest absolute Gasteiger partial charge is 0.319 e. The fourth-order valence-electron chi connectivity index (χ4n) is 4.60. The van der Waals surface area contributed by atoms with Crippen molar-refractivity contribution in [2.75, 3.05) is 49.7 Å². The van der Waals surface area contributed by atoms with Crippen molar-refractivity contribution in [3.8, 4) is 11.5 Å². The third kappa shape index (κ3) is 5.10. The van der Waals surface area contributed by atoms with Gasteiger partial charge in [0.1, 0.15) is 0 Å². The summed E-state index contributed by atoms with van der Waals surface area (Å²) in [5, 5.41) is 6.02. The van der Waals surface area contributed by atoms with Gasteiger partial charge in [-0.25, -0.2) is 4.79 Å². The van der Waals surface area contributed by atoms with Crippen LogP contribution in [0.4, 0.5) is 16.2 Å². The molecule has 3 aromatic rings. The van der Waals surface area contributed by atoms with Gasteiger partial charge in [-0.15, -0.1) is 0 Å². The Labute approximate surface area is 200 Å². The van der Waals surface area contributed by atoms with Crippen LogP contribution in [0.1, 0.15) is 17.2 Å². The first-order valence-corrected chi connectivity index (χ1v) is 11.7. The molecule has 2 aliphatic rings. The fourth-order valence-corrected chi connectivity index (χ4v) is 4.60. The number of carbonyl (C=O) groups excluding carboxylic acids is 1. The van der Waals surface area contributed by atoms with Crippen LogP contribution in [0.15, 0.2) is 72.8 Å². The zero-order valence-electron chi connectivity index (χ0n) is 19.4. The van der Waals surface area contributed by atoms with E-state index in [4.69, 9.17) is 9.47 Å². The third-order valence-corrected chi connectivity index (χ3v) is 6.39. The number of hydrogen-bond donors (Lipinski definition) is 2. The van der Waals surface area contributed by atoms with Gasteiger partial charge in [0.15, 0.2) is 11.5 Å². The Kier molecular flexibility index (Phi) is 6.53. The quantitative estimate of drug-likeness (QED) is 0.573. The Balaban J connectivity index is 1.28. The highest BCUT2D eigenvalue weighted by Crippen LogP contribution is 2.35. The predicted octanol–water partition coefficient (Wildman–Crippen LogP) is 4.41. The monoisotopic (exact) mass is 458 g/mol. The van der Waals surface area contributed by atoms with Crippen molar-refractivity contribution in [3.63, 3.8) is 0 Å². The van der Waals surface area contributed by atoms with Crippen molar-refractivity contribution in [1.82, 2.24) is 10.2 Å². The summed E-state index contributed by atoms with van der Waals surface area (Å²) in [6.07, 6.45) is 0. The molecular weight excluding hydrogens is 428 g/mol. The number of benzene rings is 3. The number of fused-ring (bicyclic) bond motifs is 1. The highest BCUT2D eigenvalue weighted by atomic mass is 16.7. The van der Waals surface area contributed by atoms with Gasteiger partial charge in [0, 0.05) is 44.1 Å². The van der Waals surface area contributed by atoms with E-state index < -0.39 is 0 Å². The van der Waals surface area contributed by atoms with E-state index in [1.54, 1.807) is 0 Å². The predicted molar refractivity (Wildman–Crippen MR) is 134 cm³/mol. The van der Waals surface area contributed by atoms with Crippen LogP contribution in [0.5, 0.6) is 11.5 Å². The molecule has 0 aliphatic carbocycles. The Morgan fingerprint density at radius 1 is 0.912 bits per heavy atom. The van der Waals surface area contributed by atoms with E-state index in [1.807, 2.05) is 49.4 Å². The Hall–Kier alpha value is -3.71. The van der Waals surface area contributed by atoms with Gasteiger partial charge in [-0.2, -0.15) is 0 Å². The summed E-state index contributed by atoms with van der Waals surface area (Å²) in [6.45, 7) is 6.40. The summed E-state index contributed by atoms with van der Waals surface area (Å²) in [6, 6.07) is 24.2. The average molecular weight is 459 g/mol. The highest BCUT2D eigenvalue weighted by molar-refractivity contribution is 5.89. The molecule has 2 heterocycles. The molecule has 0 bridgehead atoms. The molecule has 3 aromatic carbocycles. The van der Waals surface area contributed by atoms with Crippen LogP contribution >= 0.6 is 0 Å². The summed E-state index contributed by atoms with van der Waals surface area (Å²) in [4.78, 5) is 17.5. The lowest BCUT2D eigenvalue weighted by molar-refractivity contribution is 0.173. The highest BCUT2D eigenvalue weighted by Gasteiger charge is 2.27. The molecule has 7 heteroatoms. The second kappa shape index (κ2) is 10.1. The first-order valence-electron chi connectivity index (χ1n) is 11.7. The number of piperazine rings is 1. The van der Waals surface area contributed by atoms with Gasteiger partial charge >= 0.3 is 6.03 Å². The summed E-state index contributed by atoms with van der Waals surface area (Å²) < 4.78 is 11.1. The number of urea groups is 1. The SMILES string of the molecule is Cc1cccc(NC(=O)NC[C@@H](c2ccc3c(c2)OCO3)N2CCN(c3ccccc3)CC2)c1. The van der Waals surface area contributed by atoms with Gasteiger partial charge < -0.3 is 25.0 Å². The van der Waals surface area contributed by atoms with Crippen LogP contribution in [-0.2, 0) is 0 Å². The van der Waals surface area contributed by atoms with Crippen LogP contribution in [0.3, 0.4) is 0 Å². The molecule has 0 radical (unpaired) electrons. The number of anilines is 2. The molecule has 1 fully saturated rings. The van der Waals surface area contributed by atoms with E-state index in [0.29, 0.717) is 6.54 Å². The van der Waals surface area contributed by atoms with Gasteiger partial charge in [0.25, 0.3) is 0 Å². The molecule has 1 saturated heterocycles. The molecule has 0 saturated carbocycles. The van der Waals surface area contributed by atoms with E-state index in [-0.39, 0.29) is 18.9 Å². The summed E-state index contributed by atoms with van der Waals surface area (Å²) in [5.41, 5.74) is 4.24. The van der Waals surface area contributed by atoms with Crippen molar-refractivity contribution in [2.24, 2.45) is 0 Å². The van der Waals surface area contributed by atoms with Crippen molar-refractivity contribution in [1.29, 1.82) is 0 Å². The van der Waals surface area contributed by atoms with E-state index in [2.05, 4.69) is 50.8 Å². The Bertz CT molecular complexity index is 1130. The molecule has 2 amide bonds. The standard InChI is InChI=1S/C27H30N4O3/c1-20-6-5-7-22(16-20)29-27(32)28-18-24(21-10-11-25-26(17-21)34-19-33-25)31-14-12-30(13-15-31)23-8-3-2-4-9-23/h2-11,16-17,24H,12-15,18-19H2,1H3,(H2,28,29,32)/t24-/m0/s1. The largest absolute Gasteiger partial charge is 0.454 e. The number of hydrogen-bond acceptors (Lipinski definition) is 5. The fraction of sp³-hybridized carbons (Fsp3) is 0.296. The zero-order valence-corrected chi connectivity index (χ0v) is 19.4. The molecule has 7 nitrogen and oxygen atoms in total. The zero-order chi connectivity index (χ0) is 23.3. The molecule has 0 unspecified atom stereocenters. The maximum absolute atomic E-state index is 12.7. The minimum Gasteiger partial charge on any atom is -0.454 e. The number of rotatable bonds is 6. The molecule has 5 rings (SSSR count). The molecule has 1 atom stereocenters. The minimum absolute atomic E-state index is 0.0238. The average Bonchev–Trinajstić information content (AvgIpc) is 3.33.